The zero-order valence-corrected chi connectivity index (χ0v) is 12.8. The lowest BCUT2D eigenvalue weighted by Crippen LogP contribution is -2.14. The maximum atomic E-state index is 6.10. The normalized spacial score (nSPS) is 18.1. The summed E-state index contributed by atoms with van der Waals surface area (Å²) in [6.07, 6.45) is 10.3. The Hall–Kier alpha value is -1.85. The molecule has 0 amide bonds. The van der Waals surface area contributed by atoms with Gasteiger partial charge in [-0.1, -0.05) is 30.7 Å². The van der Waals surface area contributed by atoms with Crippen LogP contribution in [0.25, 0.3) is 5.70 Å². The van der Waals surface area contributed by atoms with E-state index < -0.39 is 0 Å². The van der Waals surface area contributed by atoms with Crippen LogP contribution in [0.4, 0.5) is 5.82 Å². The Morgan fingerprint density at radius 3 is 3.00 bits per heavy atom. The molecule has 2 heterocycles. The lowest BCUT2D eigenvalue weighted by atomic mass is 9.99. The van der Waals surface area contributed by atoms with Gasteiger partial charge in [0.05, 0.1) is 17.6 Å². The van der Waals surface area contributed by atoms with Crippen molar-refractivity contribution in [2.45, 2.75) is 13.3 Å². The molecule has 0 aliphatic heterocycles. The number of aromatic nitrogens is 4. The first-order chi connectivity index (χ1) is 10.1. The maximum absolute atomic E-state index is 6.10. The highest BCUT2D eigenvalue weighted by atomic mass is 35.5. The predicted octanol–water partition coefficient (Wildman–Crippen LogP) is 3.86. The Labute approximate surface area is 132 Å². The Kier molecular flexibility index (Phi) is 3.94. The van der Waals surface area contributed by atoms with Gasteiger partial charge >= 0.3 is 0 Å². The van der Waals surface area contributed by atoms with Gasteiger partial charge in [-0.2, -0.15) is 10.1 Å². The van der Waals surface area contributed by atoms with E-state index in [2.05, 4.69) is 39.5 Å². The zero-order valence-electron chi connectivity index (χ0n) is 11.3. The molecular formula is C14H13Cl2N5. The average molecular weight is 322 g/mol. The van der Waals surface area contributed by atoms with Crippen LogP contribution in [-0.2, 0) is 0 Å². The topological polar surface area (TPSA) is 55.6 Å². The van der Waals surface area contributed by atoms with Gasteiger partial charge in [0.1, 0.15) is 5.02 Å². The SMILES string of the molecule is CC1C=C(n2cccn2)C(Nc2nc(Cl)ncc2Cl)=CC1. The molecule has 1 aliphatic rings. The van der Waals surface area contributed by atoms with Gasteiger partial charge in [0.25, 0.3) is 0 Å². The molecule has 108 valence electrons. The molecule has 3 rings (SSSR count). The fourth-order valence-electron chi connectivity index (χ4n) is 2.12. The molecule has 2 aromatic heterocycles. The van der Waals surface area contributed by atoms with E-state index in [0.29, 0.717) is 16.8 Å². The number of halogens is 2. The molecular weight excluding hydrogens is 309 g/mol. The van der Waals surface area contributed by atoms with E-state index in [1.54, 1.807) is 6.20 Å². The number of hydrogen-bond acceptors (Lipinski definition) is 4. The molecule has 1 aliphatic carbocycles. The molecule has 5 nitrogen and oxygen atoms in total. The lowest BCUT2D eigenvalue weighted by Gasteiger charge is -2.21. The minimum Gasteiger partial charge on any atom is -0.337 e. The second-order valence-corrected chi connectivity index (χ2v) is 5.54. The summed E-state index contributed by atoms with van der Waals surface area (Å²) in [6, 6.07) is 1.88. The van der Waals surface area contributed by atoms with Gasteiger partial charge in [0.15, 0.2) is 5.82 Å². The third-order valence-electron chi connectivity index (χ3n) is 3.13. The van der Waals surface area contributed by atoms with Crippen LogP contribution in [0, 0.1) is 5.92 Å². The van der Waals surface area contributed by atoms with Crippen LogP contribution in [-0.4, -0.2) is 19.7 Å². The summed E-state index contributed by atoms with van der Waals surface area (Å²) in [6.45, 7) is 2.16. The van der Waals surface area contributed by atoms with Gasteiger partial charge in [-0.05, 0) is 30.0 Å². The molecule has 2 aromatic rings. The molecule has 0 radical (unpaired) electrons. The van der Waals surface area contributed by atoms with Crippen molar-refractivity contribution in [2.24, 2.45) is 5.92 Å². The summed E-state index contributed by atoms with van der Waals surface area (Å²) < 4.78 is 1.81. The first kappa shape index (κ1) is 14.1. The molecule has 0 spiro atoms. The summed E-state index contributed by atoms with van der Waals surface area (Å²) in [5.74, 6) is 0.926. The van der Waals surface area contributed by atoms with E-state index in [-0.39, 0.29) is 5.28 Å². The van der Waals surface area contributed by atoms with Crippen molar-refractivity contribution < 1.29 is 0 Å². The van der Waals surface area contributed by atoms with Crippen molar-refractivity contribution in [3.63, 3.8) is 0 Å². The highest BCUT2D eigenvalue weighted by molar-refractivity contribution is 6.33. The molecule has 0 saturated heterocycles. The highest BCUT2D eigenvalue weighted by Crippen LogP contribution is 2.29. The van der Waals surface area contributed by atoms with E-state index >= 15 is 0 Å². The summed E-state index contributed by atoms with van der Waals surface area (Å²) in [5, 5.41) is 8.06. The predicted molar refractivity (Wildman–Crippen MR) is 84.0 cm³/mol. The number of anilines is 1. The van der Waals surface area contributed by atoms with Gasteiger partial charge in [-0.25, -0.2) is 9.67 Å². The van der Waals surface area contributed by atoms with Crippen LogP contribution in [0.2, 0.25) is 10.3 Å². The van der Waals surface area contributed by atoms with E-state index in [1.165, 1.54) is 6.20 Å². The maximum Gasteiger partial charge on any atom is 0.224 e. The Bertz CT molecular complexity index is 706. The third-order valence-corrected chi connectivity index (χ3v) is 3.59. The number of rotatable bonds is 3. The van der Waals surface area contributed by atoms with Crippen molar-refractivity contribution >= 4 is 34.7 Å². The quantitative estimate of drug-likeness (QED) is 0.872. The smallest absolute Gasteiger partial charge is 0.224 e. The first-order valence-corrected chi connectivity index (χ1v) is 7.26. The fourth-order valence-corrected chi connectivity index (χ4v) is 2.39. The molecule has 0 fully saturated rings. The molecule has 0 aromatic carbocycles. The van der Waals surface area contributed by atoms with Gasteiger partial charge < -0.3 is 5.32 Å². The minimum absolute atomic E-state index is 0.149. The largest absolute Gasteiger partial charge is 0.337 e. The van der Waals surface area contributed by atoms with Crippen LogP contribution in [0.3, 0.4) is 0 Å². The second-order valence-electron chi connectivity index (χ2n) is 4.79. The second kappa shape index (κ2) is 5.87. The van der Waals surface area contributed by atoms with Crippen LogP contribution >= 0.6 is 23.2 Å². The van der Waals surface area contributed by atoms with Crippen LogP contribution < -0.4 is 5.32 Å². The van der Waals surface area contributed by atoms with E-state index in [9.17, 15) is 0 Å². The van der Waals surface area contributed by atoms with Gasteiger partial charge in [0.2, 0.25) is 5.28 Å². The summed E-state index contributed by atoms with van der Waals surface area (Å²) in [5.41, 5.74) is 1.86. The molecule has 1 N–H and O–H groups in total. The Morgan fingerprint density at radius 2 is 2.24 bits per heavy atom. The molecule has 0 saturated carbocycles. The van der Waals surface area contributed by atoms with Crippen LogP contribution in [0.5, 0.6) is 0 Å². The number of nitrogens with one attached hydrogen (secondary N) is 1. The molecule has 21 heavy (non-hydrogen) atoms. The van der Waals surface area contributed by atoms with Gasteiger partial charge in [0, 0.05) is 12.4 Å². The Morgan fingerprint density at radius 1 is 1.38 bits per heavy atom. The molecule has 0 bridgehead atoms. The molecule has 1 atom stereocenters. The lowest BCUT2D eigenvalue weighted by molar-refractivity contribution is 0.720. The fraction of sp³-hybridized carbons (Fsp3) is 0.214. The van der Waals surface area contributed by atoms with Gasteiger partial charge in [-0.15, -0.1) is 0 Å². The van der Waals surface area contributed by atoms with Crippen molar-refractivity contribution in [2.75, 3.05) is 5.32 Å². The van der Waals surface area contributed by atoms with Crippen molar-refractivity contribution in [3.05, 3.63) is 52.8 Å². The number of allylic oxidation sites excluding steroid dienone is 3. The standard InChI is InChI=1S/C14H13Cl2N5/c1-9-3-4-11(12(7-9)21-6-2-5-18-21)19-13-10(15)8-17-14(16)20-13/h2,4-9H,3H2,1H3,(H,17,19,20). The van der Waals surface area contributed by atoms with Gasteiger partial charge in [-0.3, -0.25) is 0 Å². The average Bonchev–Trinajstić information content (AvgIpc) is 2.99. The van der Waals surface area contributed by atoms with Crippen LogP contribution in [0.1, 0.15) is 13.3 Å². The van der Waals surface area contributed by atoms with Crippen molar-refractivity contribution in [1.29, 1.82) is 0 Å². The van der Waals surface area contributed by atoms with E-state index in [1.807, 2.05) is 16.9 Å². The molecule has 7 heteroatoms. The number of hydrogen-bond donors (Lipinski definition) is 1. The summed E-state index contributed by atoms with van der Waals surface area (Å²) in [4.78, 5) is 7.96. The first-order valence-electron chi connectivity index (χ1n) is 6.51. The van der Waals surface area contributed by atoms with Crippen LogP contribution in [0.15, 0.2) is 42.5 Å². The van der Waals surface area contributed by atoms with E-state index in [0.717, 1.165) is 17.8 Å². The Balaban J connectivity index is 1.93. The zero-order chi connectivity index (χ0) is 14.8. The van der Waals surface area contributed by atoms with Crippen molar-refractivity contribution in [3.8, 4) is 0 Å². The van der Waals surface area contributed by atoms with Crippen molar-refractivity contribution in [1.82, 2.24) is 19.7 Å². The molecule has 1 unspecified atom stereocenters. The third kappa shape index (κ3) is 3.09. The number of nitrogens with zero attached hydrogens (tertiary/aromatic N) is 4. The monoisotopic (exact) mass is 321 g/mol. The minimum atomic E-state index is 0.149. The highest BCUT2D eigenvalue weighted by Gasteiger charge is 2.17. The summed E-state index contributed by atoms with van der Waals surface area (Å²) >= 11 is 11.9. The summed E-state index contributed by atoms with van der Waals surface area (Å²) in [7, 11) is 0. The van der Waals surface area contributed by atoms with E-state index in [4.69, 9.17) is 23.2 Å².